The van der Waals surface area contributed by atoms with Gasteiger partial charge in [0.15, 0.2) is 0 Å². The summed E-state index contributed by atoms with van der Waals surface area (Å²) in [6, 6.07) is 9.02. The van der Waals surface area contributed by atoms with Crippen molar-refractivity contribution < 1.29 is 9.47 Å². The maximum atomic E-state index is 5.88. The van der Waals surface area contributed by atoms with Crippen molar-refractivity contribution in [2.45, 2.75) is 58.7 Å². The van der Waals surface area contributed by atoms with Gasteiger partial charge in [-0.05, 0) is 32.8 Å². The normalized spacial score (nSPS) is 29.8. The summed E-state index contributed by atoms with van der Waals surface area (Å²) >= 11 is 0. The Kier molecular flexibility index (Phi) is 5.28. The fraction of sp³-hybridized carbons (Fsp3) is 0.667. The molecule has 3 nitrogen and oxygen atoms in total. The van der Waals surface area contributed by atoms with E-state index in [2.05, 4.69) is 45.1 Å². The third-order valence-electron chi connectivity index (χ3n) is 5.17. The smallest absolute Gasteiger partial charge is 0.123 e. The highest BCUT2D eigenvalue weighted by Crippen LogP contribution is 2.46. The van der Waals surface area contributed by atoms with Gasteiger partial charge < -0.3 is 14.8 Å². The molecule has 0 bridgehead atoms. The van der Waals surface area contributed by atoms with Gasteiger partial charge in [0, 0.05) is 29.7 Å². The molecular formula is C18H29NO2. The summed E-state index contributed by atoms with van der Waals surface area (Å²) in [5.74, 6) is 0.955. The van der Waals surface area contributed by atoms with Crippen LogP contribution in [0.5, 0.6) is 5.75 Å². The maximum Gasteiger partial charge on any atom is 0.123 e. The largest absolute Gasteiger partial charge is 0.496 e. The third-order valence-corrected chi connectivity index (χ3v) is 5.17. The minimum atomic E-state index is 0.228. The van der Waals surface area contributed by atoms with Crippen LogP contribution in [0.4, 0.5) is 0 Å². The Hall–Kier alpha value is -1.06. The van der Waals surface area contributed by atoms with Crippen LogP contribution in [0.2, 0.25) is 0 Å². The van der Waals surface area contributed by atoms with Crippen LogP contribution in [-0.4, -0.2) is 25.9 Å². The molecule has 1 aromatic carbocycles. The molecule has 0 spiro atoms. The number of rotatable bonds is 7. The van der Waals surface area contributed by atoms with Crippen molar-refractivity contribution in [3.63, 3.8) is 0 Å². The molecule has 0 aliphatic heterocycles. The van der Waals surface area contributed by atoms with Crippen molar-refractivity contribution in [2.75, 3.05) is 13.7 Å². The lowest BCUT2D eigenvalue weighted by atomic mass is 9.61. The van der Waals surface area contributed by atoms with Crippen molar-refractivity contribution in [1.82, 2.24) is 5.32 Å². The van der Waals surface area contributed by atoms with E-state index in [9.17, 15) is 0 Å². The number of methoxy groups -OCH3 is 1. The summed E-state index contributed by atoms with van der Waals surface area (Å²) in [5.41, 5.74) is 1.45. The average Bonchev–Trinajstić information content (AvgIpc) is 2.52. The van der Waals surface area contributed by atoms with E-state index in [-0.39, 0.29) is 11.5 Å². The first kappa shape index (κ1) is 16.3. The van der Waals surface area contributed by atoms with Gasteiger partial charge in [0.1, 0.15) is 5.75 Å². The molecule has 1 fully saturated rings. The van der Waals surface area contributed by atoms with Crippen LogP contribution in [0, 0.1) is 5.41 Å². The first-order valence-corrected chi connectivity index (χ1v) is 8.07. The molecule has 1 aliphatic carbocycles. The van der Waals surface area contributed by atoms with Gasteiger partial charge in [0.2, 0.25) is 0 Å². The van der Waals surface area contributed by atoms with E-state index >= 15 is 0 Å². The monoisotopic (exact) mass is 291 g/mol. The molecule has 0 heterocycles. The molecule has 0 radical (unpaired) electrons. The Morgan fingerprint density at radius 1 is 1.33 bits per heavy atom. The van der Waals surface area contributed by atoms with Gasteiger partial charge in [-0.15, -0.1) is 0 Å². The highest BCUT2D eigenvalue weighted by Gasteiger charge is 2.51. The second-order valence-electron chi connectivity index (χ2n) is 6.22. The quantitative estimate of drug-likeness (QED) is 0.825. The minimum Gasteiger partial charge on any atom is -0.496 e. The minimum absolute atomic E-state index is 0.228. The summed E-state index contributed by atoms with van der Waals surface area (Å²) < 4.78 is 11.4. The molecule has 2 rings (SSSR count). The van der Waals surface area contributed by atoms with Crippen molar-refractivity contribution in [3.8, 4) is 5.75 Å². The second-order valence-corrected chi connectivity index (χ2v) is 6.22. The van der Waals surface area contributed by atoms with E-state index in [4.69, 9.17) is 9.47 Å². The van der Waals surface area contributed by atoms with Crippen LogP contribution in [0.3, 0.4) is 0 Å². The van der Waals surface area contributed by atoms with E-state index in [0.717, 1.165) is 25.2 Å². The van der Waals surface area contributed by atoms with Gasteiger partial charge in [0.05, 0.1) is 13.2 Å². The Morgan fingerprint density at radius 2 is 2.05 bits per heavy atom. The predicted octanol–water partition coefficient (Wildman–Crippen LogP) is 3.94. The van der Waals surface area contributed by atoms with E-state index in [1.54, 1.807) is 7.11 Å². The fourth-order valence-corrected chi connectivity index (χ4v) is 3.42. The number of hydrogen-bond acceptors (Lipinski definition) is 3. The highest BCUT2D eigenvalue weighted by molar-refractivity contribution is 5.35. The molecule has 21 heavy (non-hydrogen) atoms. The van der Waals surface area contributed by atoms with Gasteiger partial charge in [-0.2, -0.15) is 0 Å². The Labute approximate surface area is 129 Å². The lowest BCUT2D eigenvalue weighted by Gasteiger charge is -2.54. The lowest BCUT2D eigenvalue weighted by molar-refractivity contribution is -0.127. The highest BCUT2D eigenvalue weighted by atomic mass is 16.5. The van der Waals surface area contributed by atoms with Crippen molar-refractivity contribution >= 4 is 0 Å². The number of benzene rings is 1. The molecule has 0 amide bonds. The van der Waals surface area contributed by atoms with Crippen molar-refractivity contribution in [3.05, 3.63) is 29.8 Å². The Balaban J connectivity index is 2.05. The fourth-order valence-electron chi connectivity index (χ4n) is 3.42. The SMILES string of the molecule is CCOC1CC(N[C@@H](C)c2ccccc2OC)C1(C)CC. The summed E-state index contributed by atoms with van der Waals surface area (Å²) in [6.07, 6.45) is 2.61. The van der Waals surface area contributed by atoms with E-state index in [0.29, 0.717) is 12.1 Å². The maximum absolute atomic E-state index is 5.88. The van der Waals surface area contributed by atoms with Crippen LogP contribution in [-0.2, 0) is 4.74 Å². The number of hydrogen-bond donors (Lipinski definition) is 1. The van der Waals surface area contributed by atoms with Crippen LogP contribution in [0.15, 0.2) is 24.3 Å². The molecule has 1 N–H and O–H groups in total. The topological polar surface area (TPSA) is 30.5 Å². The van der Waals surface area contributed by atoms with E-state index in [1.165, 1.54) is 5.56 Å². The zero-order valence-corrected chi connectivity index (χ0v) is 14.0. The second kappa shape index (κ2) is 6.80. The average molecular weight is 291 g/mol. The van der Waals surface area contributed by atoms with Gasteiger partial charge in [0.25, 0.3) is 0 Å². The number of ether oxygens (including phenoxy) is 2. The van der Waals surface area contributed by atoms with Gasteiger partial charge >= 0.3 is 0 Å². The molecule has 1 saturated carbocycles. The summed E-state index contributed by atoms with van der Waals surface area (Å²) in [5, 5.41) is 3.78. The van der Waals surface area contributed by atoms with Gasteiger partial charge in [-0.3, -0.25) is 0 Å². The van der Waals surface area contributed by atoms with Gasteiger partial charge in [-0.25, -0.2) is 0 Å². The summed E-state index contributed by atoms with van der Waals surface area (Å²) in [6.45, 7) is 9.68. The van der Waals surface area contributed by atoms with Gasteiger partial charge in [-0.1, -0.05) is 32.0 Å². The van der Waals surface area contributed by atoms with Crippen LogP contribution >= 0.6 is 0 Å². The molecule has 4 atom stereocenters. The zero-order valence-electron chi connectivity index (χ0n) is 14.0. The van der Waals surface area contributed by atoms with E-state index < -0.39 is 0 Å². The van der Waals surface area contributed by atoms with Crippen LogP contribution in [0.25, 0.3) is 0 Å². The molecular weight excluding hydrogens is 262 g/mol. The first-order valence-electron chi connectivity index (χ1n) is 8.07. The summed E-state index contributed by atoms with van der Waals surface area (Å²) in [4.78, 5) is 0. The predicted molar refractivity (Wildman–Crippen MR) is 86.8 cm³/mol. The van der Waals surface area contributed by atoms with Crippen molar-refractivity contribution in [2.24, 2.45) is 5.41 Å². The molecule has 3 unspecified atom stereocenters. The standard InChI is InChI=1S/C18H29NO2/c1-6-18(4)16(12-17(18)21-7-2)19-13(3)14-10-8-9-11-15(14)20-5/h8-11,13,16-17,19H,6-7,12H2,1-5H3/t13-,16?,17?,18?/m0/s1. The van der Waals surface area contributed by atoms with Crippen LogP contribution in [0.1, 0.15) is 52.1 Å². The first-order chi connectivity index (χ1) is 10.1. The molecule has 1 aromatic rings. The zero-order chi connectivity index (χ0) is 15.5. The third kappa shape index (κ3) is 3.09. The van der Waals surface area contributed by atoms with E-state index in [1.807, 2.05) is 12.1 Å². The Bertz CT molecular complexity index is 462. The molecule has 0 saturated heterocycles. The summed E-state index contributed by atoms with van der Waals surface area (Å²) in [7, 11) is 1.73. The lowest BCUT2D eigenvalue weighted by Crippen LogP contribution is -2.62. The van der Waals surface area contributed by atoms with Crippen molar-refractivity contribution in [1.29, 1.82) is 0 Å². The number of nitrogens with one attached hydrogen (secondary N) is 1. The number of para-hydroxylation sites is 1. The molecule has 3 heteroatoms. The Morgan fingerprint density at radius 3 is 2.67 bits per heavy atom. The molecule has 118 valence electrons. The van der Waals surface area contributed by atoms with Crippen LogP contribution < -0.4 is 10.1 Å². The molecule has 0 aromatic heterocycles. The molecule has 1 aliphatic rings.